The standard InChI is InChI=1S/C15H19NO2/c1-2-3-9-16-14(17)11-13(15(16)18)10-12-7-5-4-6-8-12/h4-8,13H,2-3,9-11H2,1H3/t13-/m0/s1. The van der Waals surface area contributed by atoms with Crippen LogP contribution >= 0.6 is 0 Å². The Hall–Kier alpha value is -1.64. The third-order valence-corrected chi connectivity index (χ3v) is 3.40. The summed E-state index contributed by atoms with van der Waals surface area (Å²) in [7, 11) is 0. The minimum absolute atomic E-state index is 0.00520. The number of nitrogens with zero attached hydrogens (tertiary/aromatic N) is 1. The van der Waals surface area contributed by atoms with E-state index in [1.54, 1.807) is 0 Å². The molecule has 0 radical (unpaired) electrons. The third-order valence-electron chi connectivity index (χ3n) is 3.40. The number of likely N-dealkylation sites (tertiary alicyclic amines) is 1. The summed E-state index contributed by atoms with van der Waals surface area (Å²) >= 11 is 0. The summed E-state index contributed by atoms with van der Waals surface area (Å²) in [5, 5.41) is 0. The molecule has 0 saturated carbocycles. The highest BCUT2D eigenvalue weighted by Gasteiger charge is 2.37. The van der Waals surface area contributed by atoms with Crippen molar-refractivity contribution in [2.24, 2.45) is 5.92 Å². The fourth-order valence-corrected chi connectivity index (χ4v) is 2.36. The molecule has 0 N–H and O–H groups in total. The van der Waals surface area contributed by atoms with E-state index in [9.17, 15) is 9.59 Å². The van der Waals surface area contributed by atoms with Crippen molar-refractivity contribution in [2.45, 2.75) is 32.6 Å². The number of unbranched alkanes of at least 4 members (excludes halogenated alkanes) is 1. The highest BCUT2D eigenvalue weighted by molar-refractivity contribution is 6.03. The maximum atomic E-state index is 12.1. The Kier molecular flexibility index (Phi) is 4.13. The number of hydrogen-bond acceptors (Lipinski definition) is 2. The zero-order chi connectivity index (χ0) is 13.0. The minimum atomic E-state index is -0.156. The van der Waals surface area contributed by atoms with Gasteiger partial charge < -0.3 is 0 Å². The molecule has 1 aromatic carbocycles. The Bertz CT molecular complexity index is 427. The van der Waals surface area contributed by atoms with Gasteiger partial charge in [-0.25, -0.2) is 0 Å². The smallest absolute Gasteiger partial charge is 0.233 e. The predicted octanol–water partition coefficient (Wildman–Crippen LogP) is 2.40. The van der Waals surface area contributed by atoms with Gasteiger partial charge in [-0.15, -0.1) is 0 Å². The molecule has 96 valence electrons. The van der Waals surface area contributed by atoms with E-state index < -0.39 is 0 Å². The quantitative estimate of drug-likeness (QED) is 0.747. The lowest BCUT2D eigenvalue weighted by atomic mass is 9.98. The average Bonchev–Trinajstić information content (AvgIpc) is 2.64. The Morgan fingerprint density at radius 3 is 2.61 bits per heavy atom. The third kappa shape index (κ3) is 2.78. The van der Waals surface area contributed by atoms with E-state index in [4.69, 9.17) is 0 Å². The van der Waals surface area contributed by atoms with Gasteiger partial charge in [0, 0.05) is 13.0 Å². The molecule has 0 unspecified atom stereocenters. The molecular weight excluding hydrogens is 226 g/mol. The second-order valence-corrected chi connectivity index (χ2v) is 4.83. The van der Waals surface area contributed by atoms with Crippen LogP contribution in [0, 0.1) is 5.92 Å². The van der Waals surface area contributed by atoms with Crippen LogP contribution in [-0.4, -0.2) is 23.3 Å². The number of carbonyl (C=O) groups excluding carboxylic acids is 2. The normalized spacial score (nSPS) is 19.6. The summed E-state index contributed by atoms with van der Waals surface area (Å²) in [5.74, 6) is -0.150. The van der Waals surface area contributed by atoms with E-state index in [0.717, 1.165) is 18.4 Å². The second-order valence-electron chi connectivity index (χ2n) is 4.83. The molecule has 0 aliphatic carbocycles. The number of benzene rings is 1. The Morgan fingerprint density at radius 1 is 1.22 bits per heavy atom. The molecule has 3 nitrogen and oxygen atoms in total. The van der Waals surface area contributed by atoms with Crippen LogP contribution in [0.25, 0.3) is 0 Å². The first-order valence-electron chi connectivity index (χ1n) is 6.60. The number of carbonyl (C=O) groups is 2. The molecule has 1 fully saturated rings. The van der Waals surface area contributed by atoms with Crippen molar-refractivity contribution in [3.63, 3.8) is 0 Å². The number of hydrogen-bond donors (Lipinski definition) is 0. The zero-order valence-corrected chi connectivity index (χ0v) is 10.8. The summed E-state index contributed by atoms with van der Waals surface area (Å²) in [4.78, 5) is 25.4. The van der Waals surface area contributed by atoms with Crippen molar-refractivity contribution in [3.05, 3.63) is 35.9 Å². The summed E-state index contributed by atoms with van der Waals surface area (Å²) in [6.07, 6.45) is 2.95. The van der Waals surface area contributed by atoms with Crippen molar-refractivity contribution in [2.75, 3.05) is 6.54 Å². The summed E-state index contributed by atoms with van der Waals surface area (Å²) < 4.78 is 0. The van der Waals surface area contributed by atoms with Gasteiger partial charge in [0.1, 0.15) is 0 Å². The van der Waals surface area contributed by atoms with Gasteiger partial charge in [-0.05, 0) is 18.4 Å². The van der Waals surface area contributed by atoms with Crippen molar-refractivity contribution < 1.29 is 9.59 Å². The molecule has 1 heterocycles. The van der Waals surface area contributed by atoms with Crippen LogP contribution in [0.3, 0.4) is 0 Å². The molecule has 1 aromatic rings. The van der Waals surface area contributed by atoms with Crippen LogP contribution in [-0.2, 0) is 16.0 Å². The SMILES string of the molecule is CCCCN1C(=O)C[C@H](Cc2ccccc2)C1=O. The maximum Gasteiger partial charge on any atom is 0.233 e. The van der Waals surface area contributed by atoms with Crippen molar-refractivity contribution >= 4 is 11.8 Å². The lowest BCUT2D eigenvalue weighted by molar-refractivity contribution is -0.139. The van der Waals surface area contributed by atoms with Crippen LogP contribution in [0.15, 0.2) is 30.3 Å². The van der Waals surface area contributed by atoms with Crippen molar-refractivity contribution in [1.29, 1.82) is 0 Å². The maximum absolute atomic E-state index is 12.1. The molecular formula is C15H19NO2. The van der Waals surface area contributed by atoms with E-state index in [1.807, 2.05) is 30.3 Å². The first-order chi connectivity index (χ1) is 8.72. The molecule has 1 saturated heterocycles. The Balaban J connectivity index is 1.99. The molecule has 1 atom stereocenters. The summed E-state index contributed by atoms with van der Waals surface area (Å²) in [6, 6.07) is 9.90. The largest absolute Gasteiger partial charge is 0.282 e. The van der Waals surface area contributed by atoms with Gasteiger partial charge in [0.2, 0.25) is 11.8 Å². The van der Waals surface area contributed by atoms with Crippen LogP contribution < -0.4 is 0 Å². The van der Waals surface area contributed by atoms with Crippen LogP contribution in [0.2, 0.25) is 0 Å². The molecule has 3 heteroatoms. The highest BCUT2D eigenvalue weighted by Crippen LogP contribution is 2.23. The van der Waals surface area contributed by atoms with Gasteiger partial charge in [0.25, 0.3) is 0 Å². The highest BCUT2D eigenvalue weighted by atomic mass is 16.2. The van der Waals surface area contributed by atoms with Crippen molar-refractivity contribution in [3.8, 4) is 0 Å². The Morgan fingerprint density at radius 2 is 1.94 bits per heavy atom. The van der Waals surface area contributed by atoms with Crippen LogP contribution in [0.4, 0.5) is 0 Å². The second kappa shape index (κ2) is 5.80. The molecule has 1 aliphatic rings. The van der Waals surface area contributed by atoms with Gasteiger partial charge in [-0.1, -0.05) is 43.7 Å². The van der Waals surface area contributed by atoms with Gasteiger partial charge in [-0.2, -0.15) is 0 Å². The molecule has 1 aliphatic heterocycles. The van der Waals surface area contributed by atoms with Gasteiger partial charge in [0.05, 0.1) is 5.92 Å². The number of rotatable bonds is 5. The molecule has 2 amide bonds. The fraction of sp³-hybridized carbons (Fsp3) is 0.467. The van der Waals surface area contributed by atoms with E-state index in [1.165, 1.54) is 4.90 Å². The lowest BCUT2D eigenvalue weighted by Gasteiger charge is -2.14. The fourth-order valence-electron chi connectivity index (χ4n) is 2.36. The molecule has 0 bridgehead atoms. The summed E-state index contributed by atoms with van der Waals surface area (Å²) in [5.41, 5.74) is 1.13. The van der Waals surface area contributed by atoms with E-state index in [-0.39, 0.29) is 17.7 Å². The average molecular weight is 245 g/mol. The van der Waals surface area contributed by atoms with Gasteiger partial charge >= 0.3 is 0 Å². The minimum Gasteiger partial charge on any atom is -0.282 e. The van der Waals surface area contributed by atoms with Gasteiger partial charge in [-0.3, -0.25) is 14.5 Å². The lowest BCUT2D eigenvalue weighted by Crippen LogP contribution is -2.31. The molecule has 0 spiro atoms. The Labute approximate surface area is 108 Å². The topological polar surface area (TPSA) is 37.4 Å². The number of imide groups is 1. The van der Waals surface area contributed by atoms with Crippen LogP contribution in [0.5, 0.6) is 0 Å². The first kappa shape index (κ1) is 12.8. The molecule has 18 heavy (non-hydrogen) atoms. The van der Waals surface area contributed by atoms with Crippen molar-refractivity contribution in [1.82, 2.24) is 4.90 Å². The molecule has 2 rings (SSSR count). The monoisotopic (exact) mass is 245 g/mol. The zero-order valence-electron chi connectivity index (χ0n) is 10.8. The predicted molar refractivity (Wildman–Crippen MR) is 69.9 cm³/mol. The summed E-state index contributed by atoms with van der Waals surface area (Å²) in [6.45, 7) is 2.64. The first-order valence-corrected chi connectivity index (χ1v) is 6.60. The van der Waals surface area contributed by atoms with E-state index >= 15 is 0 Å². The van der Waals surface area contributed by atoms with E-state index in [0.29, 0.717) is 19.4 Å². The molecule has 0 aromatic heterocycles. The van der Waals surface area contributed by atoms with Crippen LogP contribution in [0.1, 0.15) is 31.7 Å². The van der Waals surface area contributed by atoms with E-state index in [2.05, 4.69) is 6.92 Å². The van der Waals surface area contributed by atoms with Gasteiger partial charge in [0.15, 0.2) is 0 Å². The number of amides is 2.